The largest absolute Gasteiger partial charge is 0.431 e. The molecule has 0 saturated carbocycles. The second kappa shape index (κ2) is 9.46. The van der Waals surface area contributed by atoms with Crippen LogP contribution in [0.5, 0.6) is 0 Å². The zero-order chi connectivity index (χ0) is 20.8. The topological polar surface area (TPSA) is 55.1 Å². The highest BCUT2D eigenvalue weighted by Gasteiger charge is 2.17. The average molecular weight is 415 g/mol. The number of hydrogen-bond acceptors (Lipinski definition) is 4. The summed E-state index contributed by atoms with van der Waals surface area (Å²) in [7, 11) is 0. The van der Waals surface area contributed by atoms with Crippen LogP contribution in [0.3, 0.4) is 0 Å². The molecule has 150 valence electrons. The summed E-state index contributed by atoms with van der Waals surface area (Å²) in [5.41, 5.74) is 4.77. The van der Waals surface area contributed by atoms with Crippen LogP contribution in [0.4, 0.5) is 5.69 Å². The maximum absolute atomic E-state index is 12.2. The highest BCUT2D eigenvalue weighted by molar-refractivity contribution is 7.99. The number of carbonyl (C=O) groups excluding carboxylic acids is 1. The Morgan fingerprint density at radius 2 is 1.53 bits per heavy atom. The number of thioether (sulfide) groups is 1. The molecule has 0 unspecified atom stereocenters. The number of rotatable bonds is 7. The lowest BCUT2D eigenvalue weighted by atomic mass is 10.1. The average Bonchev–Trinajstić information content (AvgIpc) is 3.21. The molecule has 1 amide bonds. The van der Waals surface area contributed by atoms with Gasteiger partial charge in [-0.05, 0) is 19.1 Å². The van der Waals surface area contributed by atoms with E-state index in [1.807, 2.05) is 91.9 Å². The van der Waals surface area contributed by atoms with Crippen LogP contribution in [0.2, 0.25) is 0 Å². The number of benzene rings is 3. The molecule has 3 aromatic carbocycles. The summed E-state index contributed by atoms with van der Waals surface area (Å²) in [4.78, 5) is 16.9. The molecule has 0 atom stereocenters. The number of nitrogens with zero attached hydrogens (tertiary/aromatic N) is 1. The van der Waals surface area contributed by atoms with E-state index >= 15 is 0 Å². The molecule has 0 aliphatic rings. The third kappa shape index (κ3) is 4.99. The Kier molecular flexibility index (Phi) is 6.30. The number of anilines is 1. The number of carbonyl (C=O) groups is 1. The van der Waals surface area contributed by atoms with Crippen LogP contribution in [0, 0.1) is 6.92 Å². The molecule has 5 heteroatoms. The fourth-order valence-corrected chi connectivity index (χ4v) is 3.79. The van der Waals surface area contributed by atoms with Gasteiger partial charge in [-0.3, -0.25) is 4.79 Å². The fraction of sp³-hybridized carbons (Fsp3) is 0.120. The van der Waals surface area contributed by atoms with Crippen molar-refractivity contribution in [3.05, 3.63) is 90.5 Å². The van der Waals surface area contributed by atoms with Gasteiger partial charge in [0, 0.05) is 29.0 Å². The zero-order valence-corrected chi connectivity index (χ0v) is 17.5. The number of oxazole rings is 1. The summed E-state index contributed by atoms with van der Waals surface area (Å²) in [6.45, 7) is 2.02. The van der Waals surface area contributed by atoms with E-state index < -0.39 is 0 Å². The Balaban J connectivity index is 1.45. The van der Waals surface area contributed by atoms with Crippen LogP contribution in [0.1, 0.15) is 12.0 Å². The summed E-state index contributed by atoms with van der Waals surface area (Å²) in [5, 5.41) is 3.49. The van der Waals surface area contributed by atoms with Gasteiger partial charge in [0.15, 0.2) is 5.76 Å². The van der Waals surface area contributed by atoms with Crippen LogP contribution in [0.25, 0.3) is 22.6 Å². The van der Waals surface area contributed by atoms with E-state index in [4.69, 9.17) is 9.40 Å². The molecule has 0 fully saturated rings. The van der Waals surface area contributed by atoms with E-state index in [-0.39, 0.29) is 5.91 Å². The van der Waals surface area contributed by atoms with E-state index in [9.17, 15) is 4.79 Å². The third-order valence-corrected chi connectivity index (χ3v) is 5.41. The normalized spacial score (nSPS) is 10.7. The molecule has 30 heavy (non-hydrogen) atoms. The first kappa shape index (κ1) is 20.0. The van der Waals surface area contributed by atoms with Gasteiger partial charge in [0.25, 0.3) is 5.22 Å². The lowest BCUT2D eigenvalue weighted by molar-refractivity contribution is -0.115. The van der Waals surface area contributed by atoms with Crippen LogP contribution in [-0.2, 0) is 4.79 Å². The fourth-order valence-electron chi connectivity index (χ4n) is 3.03. The number of aryl methyl sites for hydroxylation is 1. The predicted octanol–water partition coefficient (Wildman–Crippen LogP) is 6.44. The maximum Gasteiger partial charge on any atom is 0.256 e. The summed E-state index contributed by atoms with van der Waals surface area (Å²) < 4.78 is 6.09. The number of aromatic nitrogens is 1. The van der Waals surface area contributed by atoms with Gasteiger partial charge in [-0.15, -0.1) is 0 Å². The Hall–Kier alpha value is -3.31. The van der Waals surface area contributed by atoms with Crippen LogP contribution >= 0.6 is 11.8 Å². The zero-order valence-electron chi connectivity index (χ0n) is 16.7. The van der Waals surface area contributed by atoms with Crippen LogP contribution < -0.4 is 5.32 Å². The molecule has 1 N–H and O–H groups in total. The van der Waals surface area contributed by atoms with Crippen molar-refractivity contribution in [2.75, 3.05) is 11.1 Å². The molecular weight excluding hydrogens is 392 g/mol. The first-order chi connectivity index (χ1) is 14.7. The van der Waals surface area contributed by atoms with Gasteiger partial charge in [0.05, 0.1) is 0 Å². The van der Waals surface area contributed by atoms with Crippen LogP contribution in [0.15, 0.2) is 94.6 Å². The minimum atomic E-state index is -0.0236. The first-order valence-corrected chi connectivity index (χ1v) is 10.8. The summed E-state index contributed by atoms with van der Waals surface area (Å²) in [6, 6.07) is 27.7. The van der Waals surface area contributed by atoms with E-state index in [2.05, 4.69) is 5.32 Å². The molecule has 0 aliphatic carbocycles. The first-order valence-electron chi connectivity index (χ1n) is 9.80. The van der Waals surface area contributed by atoms with Crippen LogP contribution in [-0.4, -0.2) is 16.6 Å². The summed E-state index contributed by atoms with van der Waals surface area (Å²) in [5.74, 6) is 1.30. The van der Waals surface area contributed by atoms with Crippen molar-refractivity contribution in [2.24, 2.45) is 0 Å². The molecule has 4 aromatic rings. The van der Waals surface area contributed by atoms with Gasteiger partial charge >= 0.3 is 0 Å². The summed E-state index contributed by atoms with van der Waals surface area (Å²) in [6.07, 6.45) is 0.377. The molecule has 0 bridgehead atoms. The molecule has 1 aromatic heterocycles. The number of hydrogen-bond donors (Lipinski definition) is 1. The maximum atomic E-state index is 12.2. The third-order valence-electron chi connectivity index (χ3n) is 4.58. The lowest BCUT2D eigenvalue weighted by Crippen LogP contribution is -2.12. The monoisotopic (exact) mass is 414 g/mol. The Morgan fingerprint density at radius 1 is 0.900 bits per heavy atom. The Labute approximate surface area is 180 Å². The smallest absolute Gasteiger partial charge is 0.256 e. The van der Waals surface area contributed by atoms with Gasteiger partial charge in [0.1, 0.15) is 5.69 Å². The van der Waals surface area contributed by atoms with E-state index in [0.29, 0.717) is 17.4 Å². The minimum absolute atomic E-state index is 0.0236. The highest BCUT2D eigenvalue weighted by Crippen LogP contribution is 2.35. The van der Waals surface area contributed by atoms with Gasteiger partial charge in [0.2, 0.25) is 5.91 Å². The van der Waals surface area contributed by atoms with Crippen molar-refractivity contribution in [1.29, 1.82) is 0 Å². The van der Waals surface area contributed by atoms with Gasteiger partial charge in [-0.2, -0.15) is 0 Å². The minimum Gasteiger partial charge on any atom is -0.431 e. The van der Waals surface area contributed by atoms with Crippen molar-refractivity contribution in [3.8, 4) is 22.6 Å². The molecule has 4 rings (SSSR count). The van der Waals surface area contributed by atoms with E-state index in [0.717, 1.165) is 33.8 Å². The SMILES string of the molecule is Cc1ccc(NC(=O)CCSc2nc(-c3ccccc3)c(-c3ccccc3)o2)cc1. The number of nitrogens with one attached hydrogen (secondary N) is 1. The van der Waals surface area contributed by atoms with Gasteiger partial charge in [-0.1, -0.05) is 90.1 Å². The van der Waals surface area contributed by atoms with E-state index in [1.54, 1.807) is 0 Å². The second-order valence-electron chi connectivity index (χ2n) is 6.90. The standard InChI is InChI=1S/C25H22N2O2S/c1-18-12-14-21(15-13-18)26-22(28)16-17-30-25-27-23(19-8-4-2-5-9-19)24(29-25)20-10-6-3-7-11-20/h2-15H,16-17H2,1H3,(H,26,28). The second-order valence-corrected chi connectivity index (χ2v) is 7.95. The lowest BCUT2D eigenvalue weighted by Gasteiger charge is -2.04. The Bertz CT molecular complexity index is 1050. The van der Waals surface area contributed by atoms with Crippen molar-refractivity contribution >= 4 is 23.4 Å². The Morgan fingerprint density at radius 3 is 2.20 bits per heavy atom. The molecule has 0 radical (unpaired) electrons. The van der Waals surface area contributed by atoms with Crippen molar-refractivity contribution in [1.82, 2.24) is 4.98 Å². The molecular formula is C25H22N2O2S. The van der Waals surface area contributed by atoms with Gasteiger partial charge < -0.3 is 9.73 Å². The molecule has 4 nitrogen and oxygen atoms in total. The molecule has 0 spiro atoms. The molecule has 0 saturated heterocycles. The van der Waals surface area contributed by atoms with Gasteiger partial charge in [-0.25, -0.2) is 4.98 Å². The van der Waals surface area contributed by atoms with Crippen molar-refractivity contribution < 1.29 is 9.21 Å². The molecule has 0 aliphatic heterocycles. The highest BCUT2D eigenvalue weighted by atomic mass is 32.2. The summed E-state index contributed by atoms with van der Waals surface area (Å²) >= 11 is 1.45. The van der Waals surface area contributed by atoms with Crippen molar-refractivity contribution in [2.45, 2.75) is 18.6 Å². The quantitative estimate of drug-likeness (QED) is 0.354. The number of amides is 1. The van der Waals surface area contributed by atoms with Crippen molar-refractivity contribution in [3.63, 3.8) is 0 Å². The molecule has 1 heterocycles. The predicted molar refractivity (Wildman–Crippen MR) is 123 cm³/mol. The van der Waals surface area contributed by atoms with E-state index in [1.165, 1.54) is 11.8 Å².